The number of esters is 1. The van der Waals surface area contributed by atoms with E-state index < -0.39 is 24.1 Å². The van der Waals surface area contributed by atoms with E-state index in [4.69, 9.17) is 4.74 Å². The van der Waals surface area contributed by atoms with Crippen molar-refractivity contribution < 1.29 is 24.5 Å². The van der Waals surface area contributed by atoms with Crippen LogP contribution in [0.15, 0.2) is 23.8 Å². The van der Waals surface area contributed by atoms with Crippen molar-refractivity contribution in [2.45, 2.75) is 85.5 Å². The normalized spacial score (nSPS) is 39.7. The molecular weight excluding hydrogens is 356 g/mol. The number of aliphatic hydroxyl groups is 2. The summed E-state index contributed by atoms with van der Waals surface area (Å²) in [6, 6.07) is 0. The Morgan fingerprint density at radius 2 is 1.71 bits per heavy atom. The van der Waals surface area contributed by atoms with Gasteiger partial charge < -0.3 is 14.9 Å². The molecule has 0 radical (unpaired) electrons. The molecule has 0 bridgehead atoms. The van der Waals surface area contributed by atoms with Crippen molar-refractivity contribution in [1.29, 1.82) is 0 Å². The minimum Gasteiger partial charge on any atom is -0.462 e. The van der Waals surface area contributed by atoms with E-state index in [2.05, 4.69) is 0 Å². The lowest BCUT2D eigenvalue weighted by Gasteiger charge is -2.31. The van der Waals surface area contributed by atoms with E-state index in [1.165, 1.54) is 0 Å². The van der Waals surface area contributed by atoms with Crippen molar-refractivity contribution in [3.05, 3.63) is 23.8 Å². The topological polar surface area (TPSA) is 83.8 Å². The molecule has 0 aromatic carbocycles. The summed E-state index contributed by atoms with van der Waals surface area (Å²) in [5, 5.41) is 21.2. The Kier molecular flexibility index (Phi) is 10.1. The first-order valence-electron chi connectivity index (χ1n) is 10.6. The van der Waals surface area contributed by atoms with Crippen molar-refractivity contribution >= 4 is 11.8 Å². The van der Waals surface area contributed by atoms with Crippen molar-refractivity contribution in [1.82, 2.24) is 0 Å². The fourth-order valence-corrected chi connectivity index (χ4v) is 3.87. The Morgan fingerprint density at radius 3 is 2.29 bits per heavy atom. The third-order valence-electron chi connectivity index (χ3n) is 5.98. The quantitative estimate of drug-likeness (QED) is 0.696. The molecule has 1 aliphatic rings. The molecule has 5 nitrogen and oxygen atoms in total. The summed E-state index contributed by atoms with van der Waals surface area (Å²) in [5.74, 6) is -1.25. The van der Waals surface area contributed by atoms with Gasteiger partial charge in [0.1, 0.15) is 6.10 Å². The van der Waals surface area contributed by atoms with Crippen LogP contribution in [0, 0.1) is 23.7 Å². The van der Waals surface area contributed by atoms with Crippen LogP contribution in [0.1, 0.15) is 67.2 Å². The molecule has 5 heteroatoms. The highest BCUT2D eigenvalue weighted by Gasteiger charge is 2.32. The number of hydrogen-bond donors (Lipinski definition) is 2. The molecule has 7 atom stereocenters. The van der Waals surface area contributed by atoms with Gasteiger partial charge in [-0.2, -0.15) is 0 Å². The predicted molar refractivity (Wildman–Crippen MR) is 111 cm³/mol. The van der Waals surface area contributed by atoms with Gasteiger partial charge in [0.2, 0.25) is 0 Å². The number of hydrogen-bond acceptors (Lipinski definition) is 5. The van der Waals surface area contributed by atoms with E-state index in [9.17, 15) is 19.8 Å². The molecule has 0 unspecified atom stereocenters. The summed E-state index contributed by atoms with van der Waals surface area (Å²) in [4.78, 5) is 24.8. The highest BCUT2D eigenvalue weighted by molar-refractivity contribution is 5.91. The summed E-state index contributed by atoms with van der Waals surface area (Å²) in [6.45, 7) is 11.4. The molecule has 160 valence electrons. The number of cyclic esters (lactones) is 1. The molecule has 0 aromatic rings. The van der Waals surface area contributed by atoms with E-state index >= 15 is 0 Å². The van der Waals surface area contributed by atoms with Gasteiger partial charge in [0.05, 0.1) is 18.6 Å². The Balaban J connectivity index is 3.18. The largest absolute Gasteiger partial charge is 0.462 e. The van der Waals surface area contributed by atoms with Gasteiger partial charge in [-0.1, -0.05) is 58.8 Å². The number of aliphatic hydroxyl groups excluding tert-OH is 2. The molecule has 0 spiro atoms. The monoisotopic (exact) mass is 394 g/mol. The lowest BCUT2D eigenvalue weighted by atomic mass is 9.80. The van der Waals surface area contributed by atoms with Crippen molar-refractivity contribution in [2.24, 2.45) is 23.7 Å². The maximum absolute atomic E-state index is 12.5. The van der Waals surface area contributed by atoms with Crippen molar-refractivity contribution in [2.75, 3.05) is 0 Å². The Morgan fingerprint density at radius 1 is 1.07 bits per heavy atom. The zero-order valence-electron chi connectivity index (χ0n) is 18.2. The molecule has 2 N–H and O–H groups in total. The van der Waals surface area contributed by atoms with Gasteiger partial charge in [-0.15, -0.1) is 0 Å². The van der Waals surface area contributed by atoms with E-state index in [-0.39, 0.29) is 36.1 Å². The SMILES string of the molecule is CC[C@@H]1C[C@H](C)C(=O)/C=C/C(C)=C/[C@H](C)[C@@H](CC)OC(=O)C[C@@H](O)[C@@H](C)[C@H]1O. The molecule has 1 rings (SSSR count). The molecule has 1 aliphatic heterocycles. The van der Waals surface area contributed by atoms with Crippen LogP contribution in [0.3, 0.4) is 0 Å². The second kappa shape index (κ2) is 11.5. The summed E-state index contributed by atoms with van der Waals surface area (Å²) in [5.41, 5.74) is 0.940. The Labute approximate surface area is 169 Å². The maximum Gasteiger partial charge on any atom is 0.308 e. The fraction of sp³-hybridized carbons (Fsp3) is 0.739. The van der Waals surface area contributed by atoms with Gasteiger partial charge >= 0.3 is 5.97 Å². The summed E-state index contributed by atoms with van der Waals surface area (Å²) >= 11 is 0. The first-order chi connectivity index (χ1) is 13.1. The first-order valence-corrected chi connectivity index (χ1v) is 10.6. The number of ketones is 1. The van der Waals surface area contributed by atoms with Crippen LogP contribution < -0.4 is 0 Å². The zero-order valence-corrected chi connectivity index (χ0v) is 18.2. The number of ether oxygens (including phenoxy) is 1. The smallest absolute Gasteiger partial charge is 0.308 e. The standard InChI is InChI=1S/C23H38O5/c1-7-18-12-15(4)19(24)10-9-14(3)11-16(5)21(8-2)28-22(26)13-20(25)17(6)23(18)27/h9-11,15-18,20-21,23,25,27H,7-8,12-13H2,1-6H3/b10-9+,14-11+/t15-,16-,17+,18+,20+,21+,23+/m0/s1. The summed E-state index contributed by atoms with van der Waals surface area (Å²) in [6.07, 6.45) is 5.07. The molecular formula is C23H38O5. The van der Waals surface area contributed by atoms with Gasteiger partial charge in [0.25, 0.3) is 0 Å². The van der Waals surface area contributed by atoms with Crippen molar-refractivity contribution in [3.8, 4) is 0 Å². The lowest BCUT2D eigenvalue weighted by Crippen LogP contribution is -2.38. The lowest BCUT2D eigenvalue weighted by molar-refractivity contribution is -0.154. The number of allylic oxidation sites excluding steroid dienone is 3. The predicted octanol–water partition coefficient (Wildman–Crippen LogP) is 3.83. The minimum absolute atomic E-state index is 0.0105. The van der Waals surface area contributed by atoms with Crippen LogP contribution >= 0.6 is 0 Å². The molecule has 0 aliphatic carbocycles. The van der Waals surface area contributed by atoms with Crippen LogP contribution in [0.4, 0.5) is 0 Å². The van der Waals surface area contributed by atoms with Gasteiger partial charge in [-0.3, -0.25) is 9.59 Å². The van der Waals surface area contributed by atoms with Gasteiger partial charge in [0, 0.05) is 17.8 Å². The van der Waals surface area contributed by atoms with Crippen molar-refractivity contribution in [3.63, 3.8) is 0 Å². The second-order valence-corrected chi connectivity index (χ2v) is 8.37. The maximum atomic E-state index is 12.5. The average Bonchev–Trinajstić information content (AvgIpc) is 2.65. The van der Waals surface area contributed by atoms with E-state index in [1.54, 1.807) is 19.1 Å². The minimum atomic E-state index is -0.986. The van der Waals surface area contributed by atoms with Gasteiger partial charge in [-0.05, 0) is 31.8 Å². The molecule has 0 fully saturated rings. The molecule has 1 heterocycles. The molecule has 0 amide bonds. The van der Waals surface area contributed by atoms with Crippen LogP contribution in [0.25, 0.3) is 0 Å². The third kappa shape index (κ3) is 7.17. The molecule has 0 aromatic heterocycles. The number of carbonyl (C=O) groups is 2. The van der Waals surface area contributed by atoms with E-state index in [0.29, 0.717) is 19.3 Å². The molecule has 0 saturated heterocycles. The second-order valence-electron chi connectivity index (χ2n) is 8.37. The van der Waals surface area contributed by atoms with Crippen LogP contribution in [-0.2, 0) is 14.3 Å². The van der Waals surface area contributed by atoms with Crippen LogP contribution in [0.2, 0.25) is 0 Å². The Hall–Kier alpha value is -1.46. The highest BCUT2D eigenvalue weighted by Crippen LogP contribution is 2.28. The number of rotatable bonds is 2. The summed E-state index contributed by atoms with van der Waals surface area (Å²) in [7, 11) is 0. The zero-order chi connectivity index (χ0) is 21.4. The van der Waals surface area contributed by atoms with E-state index in [0.717, 1.165) is 5.57 Å². The summed E-state index contributed by atoms with van der Waals surface area (Å²) < 4.78 is 5.59. The van der Waals surface area contributed by atoms with Crippen LogP contribution in [-0.4, -0.2) is 40.3 Å². The first kappa shape index (κ1) is 24.6. The highest BCUT2D eigenvalue weighted by atomic mass is 16.5. The molecule has 0 saturated carbocycles. The van der Waals surface area contributed by atoms with Gasteiger partial charge in [-0.25, -0.2) is 0 Å². The number of carbonyl (C=O) groups excluding carboxylic acids is 2. The van der Waals surface area contributed by atoms with Crippen LogP contribution in [0.5, 0.6) is 0 Å². The Bertz CT molecular complexity index is 580. The van der Waals surface area contributed by atoms with Gasteiger partial charge in [0.15, 0.2) is 5.78 Å². The van der Waals surface area contributed by atoms with E-state index in [1.807, 2.05) is 40.7 Å². The fourth-order valence-electron chi connectivity index (χ4n) is 3.87. The average molecular weight is 395 g/mol. The molecule has 28 heavy (non-hydrogen) atoms. The third-order valence-corrected chi connectivity index (χ3v) is 5.98.